The Labute approximate surface area is 154 Å². The molecule has 6 heteroatoms. The maximum atomic E-state index is 13.3. The highest BCUT2D eigenvalue weighted by Crippen LogP contribution is 2.45. The summed E-state index contributed by atoms with van der Waals surface area (Å²) in [6.07, 6.45) is 0. The lowest BCUT2D eigenvalue weighted by atomic mass is 10.0. The van der Waals surface area contributed by atoms with Crippen LogP contribution >= 0.6 is 15.9 Å². The Bertz CT molecular complexity index is 896. The standard InChI is InChI=1S/C19H17BrN2O3/c1-11(2)10-22-15-8-7-12(20)9-14(15)19(18(22)24)21-17(23)13-5-3-4-6-16(13)25-19/h3-9,11H,10H2,1-2H3,(H,21,23)/t19-/m0/s1. The number of hydrogen-bond acceptors (Lipinski definition) is 3. The van der Waals surface area contributed by atoms with Crippen molar-refractivity contribution in [2.45, 2.75) is 19.6 Å². The summed E-state index contributed by atoms with van der Waals surface area (Å²) >= 11 is 3.45. The quantitative estimate of drug-likeness (QED) is 0.839. The molecule has 25 heavy (non-hydrogen) atoms. The number of carbonyl (C=O) groups excluding carboxylic acids is 2. The molecule has 128 valence electrons. The number of benzene rings is 2. The van der Waals surface area contributed by atoms with E-state index in [1.165, 1.54) is 0 Å². The second kappa shape index (κ2) is 5.59. The number of hydrogen-bond donors (Lipinski definition) is 1. The van der Waals surface area contributed by atoms with Crippen LogP contribution in [0.1, 0.15) is 29.8 Å². The lowest BCUT2D eigenvalue weighted by Crippen LogP contribution is -2.59. The Balaban J connectivity index is 1.89. The van der Waals surface area contributed by atoms with Crippen molar-refractivity contribution in [3.63, 3.8) is 0 Å². The van der Waals surface area contributed by atoms with E-state index in [0.29, 0.717) is 23.4 Å². The van der Waals surface area contributed by atoms with E-state index in [2.05, 4.69) is 21.2 Å². The predicted molar refractivity (Wildman–Crippen MR) is 97.5 cm³/mol. The average Bonchev–Trinajstić information content (AvgIpc) is 2.77. The molecule has 2 aliphatic rings. The van der Waals surface area contributed by atoms with E-state index in [4.69, 9.17) is 4.74 Å². The molecule has 4 rings (SSSR count). The van der Waals surface area contributed by atoms with Crippen molar-refractivity contribution in [2.75, 3.05) is 11.4 Å². The van der Waals surface area contributed by atoms with Gasteiger partial charge in [0.15, 0.2) is 0 Å². The fourth-order valence-corrected chi connectivity index (χ4v) is 3.73. The van der Waals surface area contributed by atoms with E-state index in [1.54, 1.807) is 29.2 Å². The summed E-state index contributed by atoms with van der Waals surface area (Å²) in [7, 11) is 0. The van der Waals surface area contributed by atoms with Gasteiger partial charge in [0.2, 0.25) is 0 Å². The number of nitrogens with zero attached hydrogens (tertiary/aromatic N) is 1. The number of halogens is 1. The van der Waals surface area contributed by atoms with E-state index in [9.17, 15) is 9.59 Å². The van der Waals surface area contributed by atoms with Gasteiger partial charge in [0.05, 0.1) is 16.8 Å². The van der Waals surface area contributed by atoms with E-state index < -0.39 is 5.72 Å². The molecule has 0 unspecified atom stereocenters. The second-order valence-electron chi connectivity index (χ2n) is 6.70. The zero-order chi connectivity index (χ0) is 17.8. The lowest BCUT2D eigenvalue weighted by Gasteiger charge is -2.35. The molecule has 2 aromatic carbocycles. The molecule has 0 saturated carbocycles. The van der Waals surface area contributed by atoms with Crippen molar-refractivity contribution in [2.24, 2.45) is 5.92 Å². The van der Waals surface area contributed by atoms with Crippen LogP contribution in [0.25, 0.3) is 0 Å². The SMILES string of the molecule is CC(C)CN1C(=O)[C@]2(NC(=O)c3ccccc3O2)c2cc(Br)ccc21. The summed E-state index contributed by atoms with van der Waals surface area (Å²) in [5.41, 5.74) is 0.330. The summed E-state index contributed by atoms with van der Waals surface area (Å²) in [4.78, 5) is 27.6. The molecule has 5 nitrogen and oxygen atoms in total. The van der Waals surface area contributed by atoms with E-state index in [1.807, 2.05) is 32.0 Å². The summed E-state index contributed by atoms with van der Waals surface area (Å²) in [5.74, 6) is 0.115. The lowest BCUT2D eigenvalue weighted by molar-refractivity contribution is -0.136. The van der Waals surface area contributed by atoms with Gasteiger partial charge in [0, 0.05) is 11.0 Å². The molecule has 1 N–H and O–H groups in total. The molecule has 2 amide bonds. The largest absolute Gasteiger partial charge is 0.453 e. The molecule has 2 aliphatic heterocycles. The van der Waals surface area contributed by atoms with E-state index >= 15 is 0 Å². The van der Waals surface area contributed by atoms with Crippen molar-refractivity contribution in [3.05, 3.63) is 58.1 Å². The summed E-state index contributed by atoms with van der Waals surface area (Å²) < 4.78 is 6.93. The highest BCUT2D eigenvalue weighted by molar-refractivity contribution is 9.10. The van der Waals surface area contributed by atoms with Crippen molar-refractivity contribution in [1.29, 1.82) is 0 Å². The van der Waals surface area contributed by atoms with Crippen LogP contribution in [0.3, 0.4) is 0 Å². The molecule has 0 bridgehead atoms. The number of ether oxygens (including phenoxy) is 1. The Kier molecular flexibility index (Phi) is 3.61. The van der Waals surface area contributed by atoms with Crippen LogP contribution < -0.4 is 15.0 Å². The topological polar surface area (TPSA) is 58.6 Å². The third-order valence-corrected chi connectivity index (χ3v) is 4.90. The Morgan fingerprint density at radius 2 is 1.96 bits per heavy atom. The summed E-state index contributed by atoms with van der Waals surface area (Å²) in [5, 5.41) is 2.81. The molecule has 0 radical (unpaired) electrons. The number of rotatable bonds is 2. The molecule has 2 heterocycles. The molecule has 1 spiro atoms. The molecular weight excluding hydrogens is 384 g/mol. The maximum absolute atomic E-state index is 13.3. The second-order valence-corrected chi connectivity index (χ2v) is 7.62. The van der Waals surface area contributed by atoms with Crippen molar-refractivity contribution >= 4 is 33.4 Å². The van der Waals surface area contributed by atoms with Gasteiger partial charge in [-0.2, -0.15) is 0 Å². The van der Waals surface area contributed by atoms with E-state index in [0.717, 1.165) is 10.2 Å². The molecule has 1 atom stereocenters. The third-order valence-electron chi connectivity index (χ3n) is 4.41. The van der Waals surface area contributed by atoms with Crippen LogP contribution in [-0.2, 0) is 10.5 Å². The highest BCUT2D eigenvalue weighted by atomic mass is 79.9. The van der Waals surface area contributed by atoms with Crippen LogP contribution in [-0.4, -0.2) is 18.4 Å². The van der Waals surface area contributed by atoms with Crippen LogP contribution in [0.2, 0.25) is 0 Å². The number of amides is 2. The molecule has 2 aromatic rings. The minimum Gasteiger partial charge on any atom is -0.453 e. The van der Waals surface area contributed by atoms with Gasteiger partial charge in [0.1, 0.15) is 5.75 Å². The van der Waals surface area contributed by atoms with Crippen molar-refractivity contribution < 1.29 is 14.3 Å². The van der Waals surface area contributed by atoms with Gasteiger partial charge in [-0.3, -0.25) is 9.59 Å². The first-order chi connectivity index (χ1) is 11.9. The fourth-order valence-electron chi connectivity index (χ4n) is 3.37. The number of fused-ring (bicyclic) bond motifs is 3. The normalized spacial score (nSPS) is 21.2. The Morgan fingerprint density at radius 1 is 1.20 bits per heavy atom. The number of nitrogens with one attached hydrogen (secondary N) is 1. The van der Waals surface area contributed by atoms with Gasteiger partial charge in [-0.15, -0.1) is 0 Å². The molecular formula is C19H17BrN2O3. The van der Waals surface area contributed by atoms with Crippen LogP contribution in [0.4, 0.5) is 5.69 Å². The number of para-hydroxylation sites is 1. The summed E-state index contributed by atoms with van der Waals surface area (Å²) in [6, 6.07) is 12.6. The monoisotopic (exact) mass is 400 g/mol. The molecule has 0 aromatic heterocycles. The average molecular weight is 401 g/mol. The predicted octanol–water partition coefficient (Wildman–Crippen LogP) is 3.43. The number of carbonyl (C=O) groups is 2. The molecule has 0 aliphatic carbocycles. The Hall–Kier alpha value is -2.34. The zero-order valence-corrected chi connectivity index (χ0v) is 15.5. The first-order valence-corrected chi connectivity index (χ1v) is 8.94. The fraction of sp³-hybridized carbons (Fsp3) is 0.263. The minimum atomic E-state index is -1.51. The van der Waals surface area contributed by atoms with Crippen LogP contribution in [0.15, 0.2) is 46.9 Å². The maximum Gasteiger partial charge on any atom is 0.298 e. The summed E-state index contributed by atoms with van der Waals surface area (Å²) in [6.45, 7) is 4.65. The first kappa shape index (κ1) is 16.1. The van der Waals surface area contributed by atoms with Crippen molar-refractivity contribution in [1.82, 2.24) is 5.32 Å². The number of anilines is 1. The van der Waals surface area contributed by atoms with Gasteiger partial charge in [-0.25, -0.2) is 0 Å². The minimum absolute atomic E-state index is 0.267. The van der Waals surface area contributed by atoms with Gasteiger partial charge >= 0.3 is 0 Å². The van der Waals surface area contributed by atoms with Crippen molar-refractivity contribution in [3.8, 4) is 5.75 Å². The molecule has 0 saturated heterocycles. The Morgan fingerprint density at radius 3 is 2.72 bits per heavy atom. The van der Waals surface area contributed by atoms with Gasteiger partial charge in [-0.05, 0) is 36.2 Å². The van der Waals surface area contributed by atoms with Gasteiger partial charge in [0.25, 0.3) is 17.5 Å². The van der Waals surface area contributed by atoms with Crippen LogP contribution in [0, 0.1) is 5.92 Å². The van der Waals surface area contributed by atoms with Gasteiger partial charge < -0.3 is 15.0 Å². The zero-order valence-electron chi connectivity index (χ0n) is 13.9. The first-order valence-electron chi connectivity index (χ1n) is 8.15. The van der Waals surface area contributed by atoms with E-state index in [-0.39, 0.29) is 17.7 Å². The van der Waals surface area contributed by atoms with Gasteiger partial charge in [-0.1, -0.05) is 41.9 Å². The molecule has 0 fully saturated rings. The smallest absolute Gasteiger partial charge is 0.298 e. The highest BCUT2D eigenvalue weighted by Gasteiger charge is 2.57. The third kappa shape index (κ3) is 2.35. The van der Waals surface area contributed by atoms with Crippen LogP contribution in [0.5, 0.6) is 5.75 Å².